The summed E-state index contributed by atoms with van der Waals surface area (Å²) in [6, 6.07) is 22.4. The van der Waals surface area contributed by atoms with Crippen LogP contribution in [-0.4, -0.2) is 10.2 Å². The smallest absolute Gasteiger partial charge is 0.125 e. The molecule has 4 aliphatic rings. The Balaban J connectivity index is 1.85. The number of aryl methyl sites for hydroxylation is 4. The molecule has 0 aromatic heterocycles. The molecule has 3 aromatic carbocycles. The van der Waals surface area contributed by atoms with Crippen LogP contribution in [0.3, 0.4) is 0 Å². The second-order valence-electron chi connectivity index (χ2n) is 7.36. The van der Waals surface area contributed by atoms with Crippen LogP contribution in [0.1, 0.15) is 40.3 Å². The van der Waals surface area contributed by atoms with E-state index in [4.69, 9.17) is 0 Å². The molecule has 0 aliphatic heterocycles. The van der Waals surface area contributed by atoms with Crippen molar-refractivity contribution in [2.45, 2.75) is 38.2 Å². The van der Waals surface area contributed by atoms with Crippen LogP contribution in [0.15, 0.2) is 66.7 Å². The number of phenolic OH excluding ortho intramolecular Hbond substituents is 1. The summed E-state index contributed by atoms with van der Waals surface area (Å²) in [5.41, 5.74) is 4.66. The Labute approximate surface area is 154 Å². The maximum Gasteiger partial charge on any atom is 0.125 e. The second kappa shape index (κ2) is 6.62. The van der Waals surface area contributed by atoms with Crippen molar-refractivity contribution in [2.75, 3.05) is 0 Å². The SMILES string of the molecule is CC(O)(c1ccccc1)c1c2ccc(c1O)CCc1ccc(cc1)CC2. The first-order valence-corrected chi connectivity index (χ1v) is 9.25. The molecule has 1 unspecified atom stereocenters. The van der Waals surface area contributed by atoms with E-state index in [-0.39, 0.29) is 5.75 Å². The molecule has 2 nitrogen and oxygen atoms in total. The van der Waals surface area contributed by atoms with E-state index in [0.29, 0.717) is 5.56 Å². The van der Waals surface area contributed by atoms with E-state index in [2.05, 4.69) is 30.3 Å². The van der Waals surface area contributed by atoms with Crippen molar-refractivity contribution in [3.63, 3.8) is 0 Å². The summed E-state index contributed by atoms with van der Waals surface area (Å²) in [5, 5.41) is 22.5. The molecular formula is C24H24O2. The van der Waals surface area contributed by atoms with E-state index < -0.39 is 5.60 Å². The number of hydrogen-bond acceptors (Lipinski definition) is 2. The van der Waals surface area contributed by atoms with Gasteiger partial charge in [0.15, 0.2) is 0 Å². The van der Waals surface area contributed by atoms with Gasteiger partial charge in [0.25, 0.3) is 0 Å². The van der Waals surface area contributed by atoms with E-state index in [9.17, 15) is 10.2 Å². The number of benzene rings is 3. The van der Waals surface area contributed by atoms with Gasteiger partial charge in [0.1, 0.15) is 11.4 Å². The zero-order valence-electron chi connectivity index (χ0n) is 15.1. The maximum absolute atomic E-state index is 11.4. The van der Waals surface area contributed by atoms with Crippen molar-refractivity contribution in [1.29, 1.82) is 0 Å². The van der Waals surface area contributed by atoms with Crippen molar-refractivity contribution in [2.24, 2.45) is 0 Å². The first-order valence-electron chi connectivity index (χ1n) is 9.25. The number of phenols is 1. The van der Waals surface area contributed by atoms with Crippen LogP contribution in [0.2, 0.25) is 0 Å². The Morgan fingerprint density at radius 1 is 0.692 bits per heavy atom. The standard InChI is InChI=1S/C24H24O2/c1-24(26,21-5-3-2-4-6-21)22-19-13-11-17-7-9-18(10-8-17)12-14-20(16-15-19)23(22)25/h2-10,15-16,25-26H,11-14H2,1H3. The predicted octanol–water partition coefficient (Wildman–Crippen LogP) is 4.53. The van der Waals surface area contributed by atoms with E-state index in [1.165, 1.54) is 11.1 Å². The van der Waals surface area contributed by atoms with Crippen LogP contribution in [0.4, 0.5) is 0 Å². The molecule has 7 rings (SSSR count). The third-order valence-corrected chi connectivity index (χ3v) is 5.56. The molecule has 4 aliphatic carbocycles. The molecule has 0 heterocycles. The minimum Gasteiger partial charge on any atom is -0.507 e. The summed E-state index contributed by atoms with van der Waals surface area (Å²) in [6.45, 7) is 1.78. The van der Waals surface area contributed by atoms with E-state index in [1.807, 2.05) is 36.4 Å². The topological polar surface area (TPSA) is 40.5 Å². The van der Waals surface area contributed by atoms with Gasteiger partial charge in [0, 0.05) is 5.56 Å². The highest BCUT2D eigenvalue weighted by atomic mass is 16.3. The van der Waals surface area contributed by atoms with Crippen molar-refractivity contribution >= 4 is 0 Å². The molecular weight excluding hydrogens is 320 g/mol. The minimum atomic E-state index is -1.23. The average molecular weight is 344 g/mol. The van der Waals surface area contributed by atoms with Gasteiger partial charge >= 0.3 is 0 Å². The van der Waals surface area contributed by atoms with Crippen molar-refractivity contribution in [3.05, 3.63) is 100 Å². The third kappa shape index (κ3) is 3.02. The molecule has 132 valence electrons. The van der Waals surface area contributed by atoms with Crippen molar-refractivity contribution < 1.29 is 10.2 Å². The Hall–Kier alpha value is -2.58. The molecule has 3 aromatic rings. The van der Waals surface area contributed by atoms with Gasteiger partial charge in [0.2, 0.25) is 0 Å². The lowest BCUT2D eigenvalue weighted by Gasteiger charge is -2.29. The maximum atomic E-state index is 11.4. The minimum absolute atomic E-state index is 0.242. The highest BCUT2D eigenvalue weighted by Gasteiger charge is 2.32. The quantitative estimate of drug-likeness (QED) is 0.717. The fraction of sp³-hybridized carbons (Fsp3) is 0.250. The summed E-state index contributed by atoms with van der Waals surface area (Å²) < 4.78 is 0. The Morgan fingerprint density at radius 2 is 1.23 bits per heavy atom. The van der Waals surface area contributed by atoms with Crippen molar-refractivity contribution in [3.8, 4) is 5.75 Å². The van der Waals surface area contributed by atoms with Crippen LogP contribution in [0.25, 0.3) is 0 Å². The van der Waals surface area contributed by atoms with Gasteiger partial charge in [-0.15, -0.1) is 0 Å². The molecule has 1 atom stereocenters. The van der Waals surface area contributed by atoms with E-state index in [0.717, 1.165) is 42.4 Å². The zero-order chi connectivity index (χ0) is 18.1. The molecule has 0 amide bonds. The van der Waals surface area contributed by atoms with Gasteiger partial charge < -0.3 is 10.2 Å². The van der Waals surface area contributed by atoms with Gasteiger partial charge in [-0.3, -0.25) is 0 Å². The van der Waals surface area contributed by atoms with Crippen LogP contribution in [0, 0.1) is 0 Å². The number of aliphatic hydroxyl groups is 1. The number of aromatic hydroxyl groups is 1. The molecule has 2 N–H and O–H groups in total. The highest BCUT2D eigenvalue weighted by molar-refractivity contribution is 5.53. The second-order valence-corrected chi connectivity index (χ2v) is 7.36. The first-order chi connectivity index (χ1) is 12.6. The molecule has 2 heteroatoms. The third-order valence-electron chi connectivity index (χ3n) is 5.56. The highest BCUT2D eigenvalue weighted by Crippen LogP contribution is 2.40. The molecule has 0 spiro atoms. The van der Waals surface area contributed by atoms with Gasteiger partial charge in [-0.25, -0.2) is 0 Å². The molecule has 26 heavy (non-hydrogen) atoms. The summed E-state index contributed by atoms with van der Waals surface area (Å²) >= 11 is 0. The summed E-state index contributed by atoms with van der Waals surface area (Å²) in [5.74, 6) is 0.242. The molecule has 0 saturated carbocycles. The number of hydrogen-bond donors (Lipinski definition) is 2. The molecule has 0 fully saturated rings. The molecule has 0 saturated heterocycles. The van der Waals surface area contributed by atoms with Gasteiger partial charge in [-0.1, -0.05) is 66.7 Å². The Bertz CT molecular complexity index is 909. The number of rotatable bonds is 2. The lowest BCUT2D eigenvalue weighted by atomic mass is 9.81. The Kier molecular flexibility index (Phi) is 4.29. The largest absolute Gasteiger partial charge is 0.507 e. The normalized spacial score (nSPS) is 15.9. The van der Waals surface area contributed by atoms with Gasteiger partial charge in [-0.2, -0.15) is 0 Å². The first kappa shape index (κ1) is 16.9. The van der Waals surface area contributed by atoms with Crippen LogP contribution >= 0.6 is 0 Å². The summed E-state index contributed by atoms with van der Waals surface area (Å²) in [7, 11) is 0. The fourth-order valence-corrected chi connectivity index (χ4v) is 3.97. The fourth-order valence-electron chi connectivity index (χ4n) is 3.97. The van der Waals surface area contributed by atoms with E-state index in [1.54, 1.807) is 6.92 Å². The lowest BCUT2D eigenvalue weighted by molar-refractivity contribution is 0.0979. The Morgan fingerprint density at radius 3 is 1.85 bits per heavy atom. The monoisotopic (exact) mass is 344 g/mol. The lowest BCUT2D eigenvalue weighted by Crippen LogP contribution is -2.25. The molecule has 0 radical (unpaired) electrons. The van der Waals surface area contributed by atoms with Crippen LogP contribution < -0.4 is 0 Å². The molecule has 4 bridgehead atoms. The van der Waals surface area contributed by atoms with Crippen LogP contribution in [-0.2, 0) is 31.3 Å². The average Bonchev–Trinajstić information content (AvgIpc) is 2.65. The summed E-state index contributed by atoms with van der Waals surface area (Å²) in [4.78, 5) is 0. The van der Waals surface area contributed by atoms with Crippen LogP contribution in [0.5, 0.6) is 5.75 Å². The zero-order valence-corrected chi connectivity index (χ0v) is 15.1. The van der Waals surface area contributed by atoms with Gasteiger partial charge in [-0.05, 0) is 60.4 Å². The summed E-state index contributed by atoms with van der Waals surface area (Å²) in [6.07, 6.45) is 3.30. The van der Waals surface area contributed by atoms with Crippen molar-refractivity contribution in [1.82, 2.24) is 0 Å². The van der Waals surface area contributed by atoms with E-state index >= 15 is 0 Å². The van der Waals surface area contributed by atoms with Gasteiger partial charge in [0.05, 0.1) is 0 Å². The predicted molar refractivity (Wildman–Crippen MR) is 104 cm³/mol.